The van der Waals surface area contributed by atoms with Crippen molar-refractivity contribution >= 4 is 17.6 Å². The Hall–Kier alpha value is -2.44. The molecule has 7 heteroatoms. The third kappa shape index (κ3) is 7.94. The summed E-state index contributed by atoms with van der Waals surface area (Å²) in [4.78, 5) is 32.9. The minimum absolute atomic E-state index is 0.00871. The molecule has 0 atom stereocenters. The molecule has 0 N–H and O–H groups in total. The topological polar surface area (TPSA) is 95.7 Å². The SMILES string of the molecule is CCCCOC(=O)CCC(=O)OCCc1ccc([N+](=O)[O-])cc1. The lowest BCUT2D eigenvalue weighted by atomic mass is 10.1. The van der Waals surface area contributed by atoms with E-state index in [2.05, 4.69) is 0 Å². The lowest BCUT2D eigenvalue weighted by Crippen LogP contribution is -2.12. The summed E-state index contributed by atoms with van der Waals surface area (Å²) in [5, 5.41) is 10.5. The number of carbonyl (C=O) groups excluding carboxylic acids is 2. The van der Waals surface area contributed by atoms with Gasteiger partial charge in [0.25, 0.3) is 5.69 Å². The van der Waals surface area contributed by atoms with Crippen LogP contribution in [0, 0.1) is 10.1 Å². The first-order valence-electron chi connectivity index (χ1n) is 7.57. The quantitative estimate of drug-likeness (QED) is 0.284. The number of esters is 2. The van der Waals surface area contributed by atoms with Crippen LogP contribution in [0.15, 0.2) is 24.3 Å². The fourth-order valence-electron chi connectivity index (χ4n) is 1.75. The number of nitro groups is 1. The summed E-state index contributed by atoms with van der Waals surface area (Å²) in [5.41, 5.74) is 0.856. The largest absolute Gasteiger partial charge is 0.466 e. The number of unbranched alkanes of at least 4 members (excludes halogenated alkanes) is 1. The van der Waals surface area contributed by atoms with E-state index < -0.39 is 16.9 Å². The number of hydrogen-bond acceptors (Lipinski definition) is 6. The van der Waals surface area contributed by atoms with Crippen molar-refractivity contribution < 1.29 is 24.0 Å². The molecule has 0 bridgehead atoms. The van der Waals surface area contributed by atoms with Gasteiger partial charge in [0.1, 0.15) is 0 Å². The van der Waals surface area contributed by atoms with Crippen molar-refractivity contribution in [1.82, 2.24) is 0 Å². The van der Waals surface area contributed by atoms with Crippen molar-refractivity contribution in [2.24, 2.45) is 0 Å². The van der Waals surface area contributed by atoms with E-state index in [0.717, 1.165) is 18.4 Å². The zero-order valence-corrected chi connectivity index (χ0v) is 13.2. The lowest BCUT2D eigenvalue weighted by Gasteiger charge is -2.06. The van der Waals surface area contributed by atoms with Crippen molar-refractivity contribution in [3.8, 4) is 0 Å². The molecule has 126 valence electrons. The zero-order chi connectivity index (χ0) is 17.1. The van der Waals surface area contributed by atoms with Crippen LogP contribution in [0.1, 0.15) is 38.2 Å². The second-order valence-electron chi connectivity index (χ2n) is 4.97. The molecule has 0 amide bonds. The predicted octanol–water partition coefficient (Wildman–Crippen LogP) is 2.80. The van der Waals surface area contributed by atoms with Gasteiger partial charge in [-0.2, -0.15) is 0 Å². The second kappa shape index (κ2) is 10.3. The highest BCUT2D eigenvalue weighted by Crippen LogP contribution is 2.12. The van der Waals surface area contributed by atoms with Gasteiger partial charge in [-0.3, -0.25) is 19.7 Å². The molecule has 1 rings (SSSR count). The summed E-state index contributed by atoms with van der Waals surface area (Å²) >= 11 is 0. The Morgan fingerprint density at radius 1 is 1.04 bits per heavy atom. The summed E-state index contributed by atoms with van der Waals surface area (Å²) in [5.74, 6) is -0.856. The minimum Gasteiger partial charge on any atom is -0.466 e. The number of nitro benzene ring substituents is 1. The average Bonchev–Trinajstić information content (AvgIpc) is 2.53. The molecule has 1 aromatic carbocycles. The van der Waals surface area contributed by atoms with E-state index in [1.54, 1.807) is 12.1 Å². The molecule has 0 saturated heterocycles. The Kier molecular flexibility index (Phi) is 8.34. The van der Waals surface area contributed by atoms with E-state index in [1.165, 1.54) is 12.1 Å². The van der Waals surface area contributed by atoms with Gasteiger partial charge < -0.3 is 9.47 Å². The fraction of sp³-hybridized carbons (Fsp3) is 0.500. The molecule has 0 aliphatic carbocycles. The Morgan fingerprint density at radius 2 is 1.61 bits per heavy atom. The summed E-state index contributed by atoms with van der Waals surface area (Å²) in [6.45, 7) is 2.54. The molecule has 0 saturated carbocycles. The molecule has 0 aromatic heterocycles. The zero-order valence-electron chi connectivity index (χ0n) is 13.2. The highest BCUT2D eigenvalue weighted by atomic mass is 16.6. The van der Waals surface area contributed by atoms with Gasteiger partial charge in [-0.05, 0) is 12.0 Å². The molecule has 0 radical (unpaired) electrons. The molecule has 0 fully saturated rings. The predicted molar refractivity (Wildman–Crippen MR) is 82.9 cm³/mol. The van der Waals surface area contributed by atoms with Crippen molar-refractivity contribution in [2.45, 2.75) is 39.0 Å². The monoisotopic (exact) mass is 323 g/mol. The standard InChI is InChI=1S/C16H21NO6/c1-2-3-11-22-15(18)8-9-16(19)23-12-10-13-4-6-14(7-5-13)17(20)21/h4-7H,2-3,8-12H2,1H3. The summed E-state index contributed by atoms with van der Waals surface area (Å²) < 4.78 is 9.95. The van der Waals surface area contributed by atoms with Gasteiger partial charge in [0.2, 0.25) is 0 Å². The average molecular weight is 323 g/mol. The number of carbonyl (C=O) groups is 2. The van der Waals surface area contributed by atoms with Gasteiger partial charge in [0.15, 0.2) is 0 Å². The molecule has 0 unspecified atom stereocenters. The van der Waals surface area contributed by atoms with Crippen LogP contribution in [0.4, 0.5) is 5.69 Å². The number of rotatable bonds is 10. The van der Waals surface area contributed by atoms with Crippen LogP contribution in [-0.4, -0.2) is 30.1 Å². The van der Waals surface area contributed by atoms with E-state index in [-0.39, 0.29) is 25.1 Å². The normalized spacial score (nSPS) is 10.1. The highest BCUT2D eigenvalue weighted by molar-refractivity contribution is 5.77. The van der Waals surface area contributed by atoms with E-state index in [9.17, 15) is 19.7 Å². The Balaban J connectivity index is 2.18. The van der Waals surface area contributed by atoms with E-state index in [1.807, 2.05) is 6.92 Å². The van der Waals surface area contributed by atoms with Crippen LogP contribution in [-0.2, 0) is 25.5 Å². The van der Waals surface area contributed by atoms with E-state index in [4.69, 9.17) is 9.47 Å². The van der Waals surface area contributed by atoms with Gasteiger partial charge in [-0.1, -0.05) is 25.5 Å². The molecule has 0 spiro atoms. The van der Waals surface area contributed by atoms with Gasteiger partial charge in [-0.25, -0.2) is 0 Å². The number of ether oxygens (including phenoxy) is 2. The fourth-order valence-corrected chi connectivity index (χ4v) is 1.75. The van der Waals surface area contributed by atoms with Crippen molar-refractivity contribution in [3.63, 3.8) is 0 Å². The number of nitrogens with zero attached hydrogens (tertiary/aromatic N) is 1. The third-order valence-corrected chi connectivity index (χ3v) is 3.10. The van der Waals surface area contributed by atoms with Crippen LogP contribution in [0.3, 0.4) is 0 Å². The third-order valence-electron chi connectivity index (χ3n) is 3.10. The van der Waals surface area contributed by atoms with Crippen LogP contribution in [0.2, 0.25) is 0 Å². The smallest absolute Gasteiger partial charge is 0.306 e. The summed E-state index contributed by atoms with van der Waals surface area (Å²) in [6.07, 6.45) is 2.22. The minimum atomic E-state index is -0.469. The van der Waals surface area contributed by atoms with Crippen LogP contribution >= 0.6 is 0 Å². The van der Waals surface area contributed by atoms with Gasteiger partial charge in [0, 0.05) is 18.6 Å². The maximum atomic E-state index is 11.5. The number of non-ortho nitro benzene ring substituents is 1. The van der Waals surface area contributed by atoms with E-state index in [0.29, 0.717) is 13.0 Å². The van der Waals surface area contributed by atoms with Gasteiger partial charge in [0.05, 0.1) is 31.0 Å². The number of hydrogen-bond donors (Lipinski definition) is 0. The van der Waals surface area contributed by atoms with Crippen LogP contribution < -0.4 is 0 Å². The van der Waals surface area contributed by atoms with Gasteiger partial charge in [-0.15, -0.1) is 0 Å². The molecular weight excluding hydrogens is 302 g/mol. The molecule has 0 aliphatic heterocycles. The van der Waals surface area contributed by atoms with Crippen molar-refractivity contribution in [2.75, 3.05) is 13.2 Å². The first-order chi connectivity index (χ1) is 11.0. The first-order valence-corrected chi connectivity index (χ1v) is 7.57. The van der Waals surface area contributed by atoms with Crippen molar-refractivity contribution in [3.05, 3.63) is 39.9 Å². The Morgan fingerprint density at radius 3 is 2.13 bits per heavy atom. The number of benzene rings is 1. The molecule has 0 heterocycles. The van der Waals surface area contributed by atoms with Crippen molar-refractivity contribution in [1.29, 1.82) is 0 Å². The molecule has 23 heavy (non-hydrogen) atoms. The highest BCUT2D eigenvalue weighted by Gasteiger charge is 2.09. The maximum Gasteiger partial charge on any atom is 0.306 e. The van der Waals surface area contributed by atoms with E-state index >= 15 is 0 Å². The second-order valence-corrected chi connectivity index (χ2v) is 4.97. The Bertz CT molecular complexity index is 526. The lowest BCUT2D eigenvalue weighted by molar-refractivity contribution is -0.384. The molecule has 0 aliphatic rings. The van der Waals surface area contributed by atoms with Crippen LogP contribution in [0.5, 0.6) is 0 Å². The van der Waals surface area contributed by atoms with Crippen LogP contribution in [0.25, 0.3) is 0 Å². The molecular formula is C16H21NO6. The Labute approximate surface area is 134 Å². The first kappa shape index (κ1) is 18.6. The molecule has 1 aromatic rings. The maximum absolute atomic E-state index is 11.5. The summed E-state index contributed by atoms with van der Waals surface area (Å²) in [7, 11) is 0. The van der Waals surface area contributed by atoms with Gasteiger partial charge >= 0.3 is 11.9 Å². The summed E-state index contributed by atoms with van der Waals surface area (Å²) in [6, 6.07) is 6.06. The molecule has 7 nitrogen and oxygen atoms in total.